The average Bonchev–Trinajstić information content (AvgIpc) is 3.28. The number of piperidine rings is 1. The van der Waals surface area contributed by atoms with Crippen molar-refractivity contribution in [3.05, 3.63) is 70.0 Å². The van der Waals surface area contributed by atoms with E-state index in [1.807, 2.05) is 29.5 Å². The number of rotatable bonds is 8. The molecule has 238 valence electrons. The van der Waals surface area contributed by atoms with Crippen molar-refractivity contribution in [2.45, 2.75) is 91.8 Å². The molecule has 1 fully saturated rings. The van der Waals surface area contributed by atoms with Crippen molar-refractivity contribution in [3.8, 4) is 0 Å². The fraction of sp³-hybridized carbons (Fsp3) is 0.515. The number of hydrogen-bond donors (Lipinski definition) is 1. The number of pyridine rings is 1. The quantitative estimate of drug-likeness (QED) is 0.207. The highest BCUT2D eigenvalue weighted by Crippen LogP contribution is 2.41. The molecule has 1 saturated heterocycles. The van der Waals surface area contributed by atoms with Crippen LogP contribution in [0, 0.1) is 24.0 Å². The maximum Gasteiger partial charge on any atom is 0.313 e. The number of hydrogen-bond acceptors (Lipinski definition) is 7. The molecule has 2 atom stereocenters. The number of Topliss-reactive ketones (excluding diaryl/α,β-unsaturated/α-hetero) is 1. The number of nitrogens with zero attached hydrogens (tertiary/aromatic N) is 4. The number of aryl methyl sites for hydroxylation is 1. The van der Waals surface area contributed by atoms with Gasteiger partial charge in [0.05, 0.1) is 33.8 Å². The highest BCUT2D eigenvalue weighted by atomic mass is 35.5. The molecule has 1 aliphatic heterocycles. The van der Waals surface area contributed by atoms with Crippen LogP contribution in [-0.2, 0) is 21.5 Å². The van der Waals surface area contributed by atoms with Gasteiger partial charge in [0.15, 0.2) is 17.4 Å². The molecule has 0 radical (unpaired) electrons. The summed E-state index contributed by atoms with van der Waals surface area (Å²) in [4.78, 5) is 33.3. The fourth-order valence-corrected chi connectivity index (χ4v) is 5.92. The van der Waals surface area contributed by atoms with Crippen LogP contribution in [0.3, 0.4) is 0 Å². The minimum absolute atomic E-state index is 0.00771. The molecule has 0 aliphatic carbocycles. The Kier molecular flexibility index (Phi) is 9.57. The highest BCUT2D eigenvalue weighted by Gasteiger charge is 2.47. The summed E-state index contributed by atoms with van der Waals surface area (Å²) in [6.45, 7) is 15.7. The maximum absolute atomic E-state index is 15.3. The minimum atomic E-state index is -1.09. The van der Waals surface area contributed by atoms with Crippen LogP contribution in [0.1, 0.15) is 83.1 Å². The second-order valence-corrected chi connectivity index (χ2v) is 14.2. The smallest absolute Gasteiger partial charge is 0.313 e. The molecule has 11 heteroatoms. The Morgan fingerprint density at radius 2 is 1.82 bits per heavy atom. The number of nitrogens with one attached hydrogen (secondary N) is 1. The second-order valence-electron chi connectivity index (χ2n) is 13.8. The molecule has 1 N–H and O–H groups in total. The Labute approximate surface area is 263 Å². The summed E-state index contributed by atoms with van der Waals surface area (Å²) >= 11 is 5.89. The summed E-state index contributed by atoms with van der Waals surface area (Å²) < 4.78 is 37.6. The predicted octanol–water partition coefficient (Wildman–Crippen LogP) is 7.25. The zero-order valence-corrected chi connectivity index (χ0v) is 27.5. The molecule has 0 spiro atoms. The standard InChI is InChI=1S/C33H42ClF2N5O3/c1-20-16-28(39-41(20)31(3,4)5)38-27-13-12-24(35)25(37-27)18-33(30(43)44-32(6,7)8)14-15-40(21(2)17-33)19-26(42)22-10-9-11-23(34)29(22)36/h9-13,16,21H,14-15,17-19H2,1-8H3,(H,37,38,39). The third kappa shape index (κ3) is 7.64. The first kappa shape index (κ1) is 33.5. The van der Waals surface area contributed by atoms with Crippen molar-refractivity contribution in [1.82, 2.24) is 19.7 Å². The largest absolute Gasteiger partial charge is 0.460 e. The van der Waals surface area contributed by atoms with Gasteiger partial charge in [-0.3, -0.25) is 19.2 Å². The van der Waals surface area contributed by atoms with Crippen LogP contribution in [0.4, 0.5) is 20.4 Å². The second kappa shape index (κ2) is 12.6. The molecule has 2 unspecified atom stereocenters. The summed E-state index contributed by atoms with van der Waals surface area (Å²) in [6, 6.07) is 8.83. The van der Waals surface area contributed by atoms with E-state index >= 15 is 4.39 Å². The Hall–Kier alpha value is -3.37. The molecule has 3 aromatic rings. The lowest BCUT2D eigenvalue weighted by Crippen LogP contribution is -2.52. The van der Waals surface area contributed by atoms with Crippen molar-refractivity contribution < 1.29 is 23.1 Å². The summed E-state index contributed by atoms with van der Waals surface area (Å²) in [5.41, 5.74) is -1.06. The maximum atomic E-state index is 15.3. The predicted molar refractivity (Wildman–Crippen MR) is 167 cm³/mol. The zero-order valence-electron chi connectivity index (χ0n) is 26.7. The molecule has 0 amide bonds. The van der Waals surface area contributed by atoms with Crippen molar-refractivity contribution in [2.24, 2.45) is 5.41 Å². The van der Waals surface area contributed by atoms with Crippen molar-refractivity contribution in [1.29, 1.82) is 0 Å². The van der Waals surface area contributed by atoms with E-state index in [0.29, 0.717) is 31.0 Å². The van der Waals surface area contributed by atoms with Crippen LogP contribution in [0.5, 0.6) is 0 Å². The van der Waals surface area contributed by atoms with Gasteiger partial charge in [-0.05, 0) is 92.5 Å². The van der Waals surface area contributed by atoms with Gasteiger partial charge in [-0.1, -0.05) is 17.7 Å². The molecule has 0 bridgehead atoms. The van der Waals surface area contributed by atoms with E-state index in [0.717, 1.165) is 5.69 Å². The number of esters is 1. The van der Waals surface area contributed by atoms with Crippen molar-refractivity contribution >= 4 is 35.0 Å². The van der Waals surface area contributed by atoms with E-state index in [9.17, 15) is 14.0 Å². The molecule has 0 saturated carbocycles. The minimum Gasteiger partial charge on any atom is -0.460 e. The van der Waals surface area contributed by atoms with Crippen molar-refractivity contribution in [2.75, 3.05) is 18.4 Å². The highest BCUT2D eigenvalue weighted by molar-refractivity contribution is 6.31. The number of ketones is 1. The van der Waals surface area contributed by atoms with Gasteiger partial charge in [-0.15, -0.1) is 0 Å². The van der Waals surface area contributed by atoms with Crippen LogP contribution >= 0.6 is 11.6 Å². The van der Waals surface area contributed by atoms with Gasteiger partial charge in [-0.25, -0.2) is 13.8 Å². The van der Waals surface area contributed by atoms with Gasteiger partial charge >= 0.3 is 5.97 Å². The summed E-state index contributed by atoms with van der Waals surface area (Å²) in [7, 11) is 0. The van der Waals surface area contributed by atoms with E-state index < -0.39 is 34.4 Å². The first-order valence-corrected chi connectivity index (χ1v) is 15.2. The fourth-order valence-electron chi connectivity index (χ4n) is 5.75. The number of carbonyl (C=O) groups is 2. The van der Waals surface area contributed by atoms with Crippen LogP contribution in [0.15, 0.2) is 36.4 Å². The number of halogens is 3. The van der Waals surface area contributed by atoms with Crippen molar-refractivity contribution in [3.63, 3.8) is 0 Å². The topological polar surface area (TPSA) is 89.3 Å². The molecule has 2 aromatic heterocycles. The number of aromatic nitrogens is 3. The number of anilines is 2. The normalized spacial score (nSPS) is 19.6. The van der Waals surface area contributed by atoms with Gasteiger partial charge in [-0.2, -0.15) is 5.10 Å². The average molecular weight is 630 g/mol. The molecular weight excluding hydrogens is 588 g/mol. The molecule has 3 heterocycles. The zero-order chi connectivity index (χ0) is 32.6. The first-order chi connectivity index (χ1) is 20.4. The molecule has 44 heavy (non-hydrogen) atoms. The first-order valence-electron chi connectivity index (χ1n) is 14.8. The SMILES string of the molecule is Cc1cc(Nc2ccc(F)c(CC3(C(=O)OC(C)(C)C)CCN(CC(=O)c4cccc(Cl)c4F)C(C)C3)n2)nn1C(C)(C)C. The lowest BCUT2D eigenvalue weighted by molar-refractivity contribution is -0.172. The molecular formula is C33H42ClF2N5O3. The summed E-state index contributed by atoms with van der Waals surface area (Å²) in [5.74, 6) is -1.15. The van der Waals surface area contributed by atoms with E-state index in [1.165, 1.54) is 30.3 Å². The molecule has 4 rings (SSSR count). The van der Waals surface area contributed by atoms with Crippen LogP contribution < -0.4 is 5.32 Å². The van der Waals surface area contributed by atoms with E-state index in [1.54, 1.807) is 20.8 Å². The third-order valence-electron chi connectivity index (χ3n) is 7.82. The van der Waals surface area contributed by atoms with E-state index in [4.69, 9.17) is 16.3 Å². The Balaban J connectivity index is 1.58. The number of benzene rings is 1. The Morgan fingerprint density at radius 3 is 2.43 bits per heavy atom. The Bertz CT molecular complexity index is 1550. The third-order valence-corrected chi connectivity index (χ3v) is 8.11. The van der Waals surface area contributed by atoms with E-state index in [2.05, 4.69) is 36.2 Å². The number of likely N-dealkylation sites (tertiary alicyclic amines) is 1. The molecule has 1 aliphatic rings. The molecule has 8 nitrogen and oxygen atoms in total. The van der Waals surface area contributed by atoms with Crippen LogP contribution in [0.2, 0.25) is 5.02 Å². The van der Waals surface area contributed by atoms with Crippen LogP contribution in [-0.4, -0.2) is 56.1 Å². The lowest BCUT2D eigenvalue weighted by Gasteiger charge is -2.44. The van der Waals surface area contributed by atoms with Crippen LogP contribution in [0.25, 0.3) is 0 Å². The number of ether oxygens (including phenoxy) is 1. The van der Waals surface area contributed by atoms with E-state index in [-0.39, 0.29) is 40.8 Å². The van der Waals surface area contributed by atoms with Gasteiger partial charge in [0.25, 0.3) is 0 Å². The summed E-state index contributed by atoms with van der Waals surface area (Å²) in [6.07, 6.45) is 0.598. The van der Waals surface area contributed by atoms with Gasteiger partial charge < -0.3 is 10.1 Å². The number of carbonyl (C=O) groups excluding carboxylic acids is 2. The Morgan fingerprint density at radius 1 is 1.11 bits per heavy atom. The lowest BCUT2D eigenvalue weighted by atomic mass is 9.72. The van der Waals surface area contributed by atoms with Gasteiger partial charge in [0.2, 0.25) is 0 Å². The molecule has 1 aromatic carbocycles. The summed E-state index contributed by atoms with van der Waals surface area (Å²) in [5, 5.41) is 7.69. The van der Waals surface area contributed by atoms with Gasteiger partial charge in [0.1, 0.15) is 17.2 Å². The monoisotopic (exact) mass is 629 g/mol. The van der Waals surface area contributed by atoms with Gasteiger partial charge in [0, 0.05) is 30.8 Å².